The average molecular weight is 454 g/mol. The lowest BCUT2D eigenvalue weighted by Gasteiger charge is -2.13. The first-order chi connectivity index (χ1) is 15.5. The van der Waals surface area contributed by atoms with Crippen molar-refractivity contribution in [2.24, 2.45) is 0 Å². The van der Waals surface area contributed by atoms with E-state index >= 15 is 0 Å². The third-order valence-corrected chi connectivity index (χ3v) is 5.36. The first kappa shape index (κ1) is 22.8. The smallest absolute Gasteiger partial charge is 0.261 e. The molecule has 9 heteroatoms. The minimum absolute atomic E-state index is 0.165. The molecular weight excluding hydrogens is 430 g/mol. The van der Waals surface area contributed by atoms with Crippen LogP contribution in [0.4, 0.5) is 5.69 Å². The van der Waals surface area contributed by atoms with Crippen LogP contribution in [-0.4, -0.2) is 45.0 Å². The van der Waals surface area contributed by atoms with Gasteiger partial charge in [-0.05, 0) is 47.8 Å². The molecule has 1 heterocycles. The molecule has 0 aliphatic heterocycles. The third-order valence-electron chi connectivity index (χ3n) is 4.49. The van der Waals surface area contributed by atoms with E-state index in [0.29, 0.717) is 46.3 Å². The molecule has 0 aliphatic rings. The highest BCUT2D eigenvalue weighted by molar-refractivity contribution is 7.12. The van der Waals surface area contributed by atoms with Gasteiger partial charge in [-0.3, -0.25) is 14.4 Å². The Bertz CT molecular complexity index is 1080. The van der Waals surface area contributed by atoms with Crippen LogP contribution in [0.3, 0.4) is 0 Å². The van der Waals surface area contributed by atoms with Gasteiger partial charge in [0.15, 0.2) is 11.5 Å². The number of benzene rings is 2. The van der Waals surface area contributed by atoms with Gasteiger partial charge in [0, 0.05) is 24.3 Å². The average Bonchev–Trinajstić information content (AvgIpc) is 3.36. The minimum atomic E-state index is -0.362. The zero-order valence-electron chi connectivity index (χ0n) is 17.6. The normalized spacial score (nSPS) is 10.2. The zero-order chi connectivity index (χ0) is 22.9. The summed E-state index contributed by atoms with van der Waals surface area (Å²) in [5, 5.41) is 10.1. The van der Waals surface area contributed by atoms with Crippen molar-refractivity contribution in [2.45, 2.75) is 0 Å². The number of nitrogens with one attached hydrogen (secondary N) is 3. The van der Waals surface area contributed by atoms with Gasteiger partial charge in [0.1, 0.15) is 0 Å². The Labute approximate surface area is 189 Å². The molecule has 3 N–H and O–H groups in total. The summed E-state index contributed by atoms with van der Waals surface area (Å²) in [7, 11) is 2.97. The lowest BCUT2D eigenvalue weighted by molar-refractivity contribution is 0.0929. The van der Waals surface area contributed by atoms with Crippen LogP contribution in [0.5, 0.6) is 11.5 Å². The molecule has 166 valence electrons. The molecule has 0 spiro atoms. The Kier molecular flexibility index (Phi) is 7.82. The van der Waals surface area contributed by atoms with Crippen LogP contribution in [0, 0.1) is 0 Å². The van der Waals surface area contributed by atoms with Gasteiger partial charge in [-0.1, -0.05) is 12.1 Å². The summed E-state index contributed by atoms with van der Waals surface area (Å²) in [5.41, 5.74) is 1.30. The monoisotopic (exact) mass is 453 g/mol. The van der Waals surface area contributed by atoms with E-state index in [1.54, 1.807) is 54.6 Å². The standard InChI is InChI=1S/C23H23N3O5S/c1-30-18-6-3-5-17(20(18)31-2)22(28)26-16-10-8-15(9-11-16)21(27)24-12-13-25-23(29)19-7-4-14-32-19/h3-11,14H,12-13H2,1-2H3,(H,24,27)(H,25,29)(H,26,28). The number of ether oxygens (including phenoxy) is 2. The van der Waals surface area contributed by atoms with E-state index in [2.05, 4.69) is 16.0 Å². The fraction of sp³-hybridized carbons (Fsp3) is 0.174. The molecule has 0 radical (unpaired) electrons. The van der Waals surface area contributed by atoms with Crippen LogP contribution in [0.15, 0.2) is 60.0 Å². The molecule has 32 heavy (non-hydrogen) atoms. The largest absolute Gasteiger partial charge is 0.493 e. The van der Waals surface area contributed by atoms with E-state index < -0.39 is 0 Å². The number of carbonyl (C=O) groups excluding carboxylic acids is 3. The highest BCUT2D eigenvalue weighted by atomic mass is 32.1. The molecule has 0 atom stereocenters. The lowest BCUT2D eigenvalue weighted by Crippen LogP contribution is -2.34. The maximum Gasteiger partial charge on any atom is 0.261 e. The van der Waals surface area contributed by atoms with E-state index in [1.807, 2.05) is 5.38 Å². The molecule has 3 aromatic rings. The SMILES string of the molecule is COc1cccc(C(=O)Nc2ccc(C(=O)NCCNC(=O)c3cccs3)cc2)c1OC. The van der Waals surface area contributed by atoms with Gasteiger partial charge in [-0.15, -0.1) is 11.3 Å². The van der Waals surface area contributed by atoms with Crippen molar-refractivity contribution < 1.29 is 23.9 Å². The Hall–Kier alpha value is -3.85. The molecule has 0 saturated carbocycles. The van der Waals surface area contributed by atoms with Gasteiger partial charge in [0.25, 0.3) is 17.7 Å². The van der Waals surface area contributed by atoms with Gasteiger partial charge >= 0.3 is 0 Å². The third kappa shape index (κ3) is 5.64. The number of amides is 3. The van der Waals surface area contributed by atoms with E-state index in [1.165, 1.54) is 25.6 Å². The fourth-order valence-electron chi connectivity index (χ4n) is 2.92. The van der Waals surface area contributed by atoms with Crippen molar-refractivity contribution in [3.05, 3.63) is 76.0 Å². The summed E-state index contributed by atoms with van der Waals surface area (Å²) in [4.78, 5) is 37.4. The van der Waals surface area contributed by atoms with E-state index in [9.17, 15) is 14.4 Å². The summed E-state index contributed by atoms with van der Waals surface area (Å²) >= 11 is 1.36. The van der Waals surface area contributed by atoms with E-state index in [0.717, 1.165) is 0 Å². The lowest BCUT2D eigenvalue weighted by atomic mass is 10.1. The molecule has 8 nitrogen and oxygen atoms in total. The van der Waals surface area contributed by atoms with Gasteiger partial charge in [-0.2, -0.15) is 0 Å². The van der Waals surface area contributed by atoms with Gasteiger partial charge in [0.2, 0.25) is 0 Å². The van der Waals surface area contributed by atoms with Crippen LogP contribution >= 0.6 is 11.3 Å². The van der Waals surface area contributed by atoms with Crippen LogP contribution in [-0.2, 0) is 0 Å². The van der Waals surface area contributed by atoms with Gasteiger partial charge < -0.3 is 25.4 Å². The Morgan fingerprint density at radius 2 is 1.53 bits per heavy atom. The number of carbonyl (C=O) groups is 3. The number of anilines is 1. The number of rotatable bonds is 9. The first-order valence-electron chi connectivity index (χ1n) is 9.75. The maximum absolute atomic E-state index is 12.6. The topological polar surface area (TPSA) is 106 Å². The second-order valence-corrected chi connectivity index (χ2v) is 7.51. The van der Waals surface area contributed by atoms with Crippen molar-refractivity contribution in [2.75, 3.05) is 32.6 Å². The predicted octanol–water partition coefficient (Wildman–Crippen LogP) is 3.18. The summed E-state index contributed by atoms with van der Waals surface area (Å²) in [6.07, 6.45) is 0. The summed E-state index contributed by atoms with van der Waals surface area (Å²) in [5.74, 6) is -0.00225. The summed E-state index contributed by atoms with van der Waals surface area (Å²) in [6.45, 7) is 0.614. The summed E-state index contributed by atoms with van der Waals surface area (Å²) in [6, 6.07) is 15.1. The van der Waals surface area contributed by atoms with Crippen molar-refractivity contribution in [3.8, 4) is 11.5 Å². The first-order valence-corrected chi connectivity index (χ1v) is 10.6. The predicted molar refractivity (Wildman–Crippen MR) is 123 cm³/mol. The van der Waals surface area contributed by atoms with Crippen LogP contribution in [0.1, 0.15) is 30.4 Å². The van der Waals surface area contributed by atoms with E-state index in [4.69, 9.17) is 9.47 Å². The molecule has 0 fully saturated rings. The van der Waals surface area contributed by atoms with Crippen molar-refractivity contribution in [3.63, 3.8) is 0 Å². The summed E-state index contributed by atoms with van der Waals surface area (Å²) < 4.78 is 10.5. The number of hydrogen-bond donors (Lipinski definition) is 3. The number of thiophene rings is 1. The van der Waals surface area contributed by atoms with Crippen molar-refractivity contribution in [1.82, 2.24) is 10.6 Å². The van der Waals surface area contributed by atoms with Crippen molar-refractivity contribution >= 4 is 34.7 Å². The highest BCUT2D eigenvalue weighted by Crippen LogP contribution is 2.31. The fourth-order valence-corrected chi connectivity index (χ4v) is 3.56. The second kappa shape index (κ2) is 11.0. The quantitative estimate of drug-likeness (QED) is 0.432. The van der Waals surface area contributed by atoms with Crippen LogP contribution < -0.4 is 25.4 Å². The molecule has 0 unspecified atom stereocenters. The minimum Gasteiger partial charge on any atom is -0.493 e. The van der Waals surface area contributed by atoms with E-state index in [-0.39, 0.29) is 17.7 Å². The van der Waals surface area contributed by atoms with Gasteiger partial charge in [-0.25, -0.2) is 0 Å². The number of methoxy groups -OCH3 is 2. The van der Waals surface area contributed by atoms with Crippen molar-refractivity contribution in [1.29, 1.82) is 0 Å². The molecule has 1 aromatic heterocycles. The zero-order valence-corrected chi connectivity index (χ0v) is 18.5. The maximum atomic E-state index is 12.6. The Morgan fingerprint density at radius 3 is 2.16 bits per heavy atom. The highest BCUT2D eigenvalue weighted by Gasteiger charge is 2.16. The molecule has 0 bridgehead atoms. The van der Waals surface area contributed by atoms with Gasteiger partial charge in [0.05, 0.1) is 24.7 Å². The molecule has 3 rings (SSSR count). The van der Waals surface area contributed by atoms with Crippen LogP contribution in [0.25, 0.3) is 0 Å². The van der Waals surface area contributed by atoms with Crippen LogP contribution in [0.2, 0.25) is 0 Å². The molecular formula is C23H23N3O5S. The second-order valence-electron chi connectivity index (χ2n) is 6.56. The molecule has 0 aliphatic carbocycles. The molecule has 3 amide bonds. The number of hydrogen-bond acceptors (Lipinski definition) is 6. The Morgan fingerprint density at radius 1 is 0.812 bits per heavy atom. The Balaban J connectivity index is 1.52. The molecule has 2 aromatic carbocycles. The molecule has 0 saturated heterocycles. The number of para-hydroxylation sites is 1.